The third kappa shape index (κ3) is 4.03. The van der Waals surface area contributed by atoms with Crippen LogP contribution in [0.1, 0.15) is 26.2 Å². The highest BCUT2D eigenvalue weighted by atomic mass is 16.5. The zero-order valence-corrected chi connectivity index (χ0v) is 9.38. The van der Waals surface area contributed by atoms with Crippen LogP contribution < -0.4 is 5.32 Å². The first-order chi connectivity index (χ1) is 7.90. The van der Waals surface area contributed by atoms with Gasteiger partial charge in [0.15, 0.2) is 0 Å². The first-order valence-corrected chi connectivity index (χ1v) is 5.30. The molecule has 96 valence electrons. The van der Waals surface area contributed by atoms with Gasteiger partial charge in [0, 0.05) is 0 Å². The fourth-order valence-electron chi connectivity index (χ4n) is 1.63. The maximum absolute atomic E-state index is 11.6. The second-order valence-electron chi connectivity index (χ2n) is 4.01. The van der Waals surface area contributed by atoms with Gasteiger partial charge in [-0.2, -0.15) is 0 Å². The lowest BCUT2D eigenvalue weighted by Crippen LogP contribution is -2.46. The Hall–Kier alpha value is -1.63. The summed E-state index contributed by atoms with van der Waals surface area (Å²) in [6.07, 6.45) is -0.112. The summed E-state index contributed by atoms with van der Waals surface area (Å²) in [4.78, 5) is 32.7. The van der Waals surface area contributed by atoms with Crippen molar-refractivity contribution in [3.63, 3.8) is 0 Å². The van der Waals surface area contributed by atoms with Crippen LogP contribution in [0.4, 0.5) is 0 Å². The molecule has 0 aromatic heterocycles. The molecule has 3 N–H and O–H groups in total. The van der Waals surface area contributed by atoms with Gasteiger partial charge >= 0.3 is 11.9 Å². The minimum absolute atomic E-state index is 0.0338. The number of amides is 1. The Morgan fingerprint density at radius 2 is 2.00 bits per heavy atom. The largest absolute Gasteiger partial charge is 0.481 e. The van der Waals surface area contributed by atoms with Crippen LogP contribution in [0.3, 0.4) is 0 Å². The summed E-state index contributed by atoms with van der Waals surface area (Å²) in [5.74, 6) is -3.21. The molecule has 0 radical (unpaired) electrons. The van der Waals surface area contributed by atoms with Crippen LogP contribution in [0.5, 0.6) is 0 Å². The van der Waals surface area contributed by atoms with E-state index in [1.54, 1.807) is 0 Å². The van der Waals surface area contributed by atoms with Crippen molar-refractivity contribution in [1.29, 1.82) is 0 Å². The summed E-state index contributed by atoms with van der Waals surface area (Å²) in [7, 11) is 0. The van der Waals surface area contributed by atoms with E-state index in [2.05, 4.69) is 5.32 Å². The molecule has 1 aliphatic heterocycles. The first-order valence-electron chi connectivity index (χ1n) is 5.30. The molecule has 1 saturated heterocycles. The van der Waals surface area contributed by atoms with Crippen molar-refractivity contribution in [2.45, 2.75) is 44.4 Å². The van der Waals surface area contributed by atoms with Crippen LogP contribution >= 0.6 is 0 Å². The molecular weight excluding hydrogens is 230 g/mol. The van der Waals surface area contributed by atoms with Gasteiger partial charge in [-0.15, -0.1) is 0 Å². The smallest absolute Gasteiger partial charge is 0.326 e. The van der Waals surface area contributed by atoms with Gasteiger partial charge in [-0.25, -0.2) is 4.79 Å². The van der Waals surface area contributed by atoms with Crippen molar-refractivity contribution in [3.8, 4) is 0 Å². The maximum Gasteiger partial charge on any atom is 0.326 e. The average Bonchev–Trinajstić information content (AvgIpc) is 2.63. The quantitative estimate of drug-likeness (QED) is 0.607. The van der Waals surface area contributed by atoms with Crippen LogP contribution in [-0.4, -0.2) is 46.3 Å². The molecule has 1 amide bonds. The van der Waals surface area contributed by atoms with Gasteiger partial charge in [-0.05, 0) is 19.8 Å². The van der Waals surface area contributed by atoms with Crippen molar-refractivity contribution in [2.75, 3.05) is 0 Å². The number of carbonyl (C=O) groups is 3. The Labute approximate surface area is 97.8 Å². The third-order valence-corrected chi connectivity index (χ3v) is 2.52. The lowest BCUT2D eigenvalue weighted by Gasteiger charge is -2.16. The minimum atomic E-state index is -1.42. The second kappa shape index (κ2) is 5.62. The van der Waals surface area contributed by atoms with E-state index in [4.69, 9.17) is 14.9 Å². The summed E-state index contributed by atoms with van der Waals surface area (Å²) < 4.78 is 5.26. The van der Waals surface area contributed by atoms with Gasteiger partial charge in [0.2, 0.25) is 5.91 Å². The minimum Gasteiger partial charge on any atom is -0.481 e. The monoisotopic (exact) mass is 245 g/mol. The van der Waals surface area contributed by atoms with Gasteiger partial charge in [-0.1, -0.05) is 0 Å². The SMILES string of the molecule is CC1CCC(C(=O)N[C@@H](CC(=O)O)C(=O)O)O1. The molecule has 1 rings (SSSR count). The number of carboxylic acids is 2. The Morgan fingerprint density at radius 3 is 2.41 bits per heavy atom. The summed E-state index contributed by atoms with van der Waals surface area (Å²) in [6, 6.07) is -1.42. The Kier molecular flexibility index (Phi) is 4.45. The van der Waals surface area contributed by atoms with Crippen molar-refractivity contribution in [2.24, 2.45) is 0 Å². The topological polar surface area (TPSA) is 113 Å². The summed E-state index contributed by atoms with van der Waals surface area (Å²) >= 11 is 0. The van der Waals surface area contributed by atoms with E-state index in [9.17, 15) is 14.4 Å². The number of hydrogen-bond donors (Lipinski definition) is 3. The highest BCUT2D eigenvalue weighted by molar-refractivity contribution is 5.88. The lowest BCUT2D eigenvalue weighted by molar-refractivity contribution is -0.148. The number of carboxylic acid groups (broad SMARTS) is 2. The molecule has 0 aromatic carbocycles. The van der Waals surface area contributed by atoms with E-state index in [1.807, 2.05) is 6.92 Å². The zero-order chi connectivity index (χ0) is 13.0. The van der Waals surface area contributed by atoms with Crippen LogP contribution in [0.25, 0.3) is 0 Å². The molecule has 0 aliphatic carbocycles. The number of hydrogen-bond acceptors (Lipinski definition) is 4. The van der Waals surface area contributed by atoms with Gasteiger partial charge in [-0.3, -0.25) is 9.59 Å². The van der Waals surface area contributed by atoms with Crippen molar-refractivity contribution in [1.82, 2.24) is 5.32 Å². The molecule has 0 saturated carbocycles. The van der Waals surface area contributed by atoms with E-state index in [1.165, 1.54) is 0 Å². The number of ether oxygens (including phenoxy) is 1. The molecule has 2 unspecified atom stereocenters. The highest BCUT2D eigenvalue weighted by Gasteiger charge is 2.31. The average molecular weight is 245 g/mol. The third-order valence-electron chi connectivity index (χ3n) is 2.52. The van der Waals surface area contributed by atoms with Crippen molar-refractivity contribution >= 4 is 17.8 Å². The van der Waals surface area contributed by atoms with Gasteiger partial charge < -0.3 is 20.3 Å². The number of rotatable bonds is 5. The van der Waals surface area contributed by atoms with E-state index in [0.29, 0.717) is 6.42 Å². The molecular formula is C10H15NO6. The molecule has 0 bridgehead atoms. The van der Waals surface area contributed by atoms with Crippen molar-refractivity contribution < 1.29 is 29.3 Å². The zero-order valence-electron chi connectivity index (χ0n) is 9.38. The molecule has 7 nitrogen and oxygen atoms in total. The first kappa shape index (κ1) is 13.4. The Morgan fingerprint density at radius 1 is 1.35 bits per heavy atom. The van der Waals surface area contributed by atoms with Crippen LogP contribution in [0.2, 0.25) is 0 Å². The fourth-order valence-corrected chi connectivity index (χ4v) is 1.63. The van der Waals surface area contributed by atoms with Crippen LogP contribution in [-0.2, 0) is 19.1 Å². The molecule has 1 aliphatic rings. The molecule has 1 fully saturated rings. The normalized spacial score (nSPS) is 25.2. The number of nitrogens with one attached hydrogen (secondary N) is 1. The van der Waals surface area contributed by atoms with E-state index in [-0.39, 0.29) is 6.10 Å². The van der Waals surface area contributed by atoms with Gasteiger partial charge in [0.25, 0.3) is 0 Å². The van der Waals surface area contributed by atoms with Crippen molar-refractivity contribution in [3.05, 3.63) is 0 Å². The fraction of sp³-hybridized carbons (Fsp3) is 0.700. The van der Waals surface area contributed by atoms with Gasteiger partial charge in [0.1, 0.15) is 12.1 Å². The second-order valence-corrected chi connectivity index (χ2v) is 4.01. The standard InChI is InChI=1S/C10H15NO6/c1-5-2-3-7(17-5)9(14)11-6(10(15)16)4-8(12)13/h5-7H,2-4H2,1H3,(H,11,14)(H,12,13)(H,15,16)/t5?,6-,7?/m0/s1. The maximum atomic E-state index is 11.6. The number of aliphatic carboxylic acids is 2. The molecule has 17 heavy (non-hydrogen) atoms. The lowest BCUT2D eigenvalue weighted by atomic mass is 10.1. The number of carbonyl (C=O) groups excluding carboxylic acids is 1. The summed E-state index contributed by atoms with van der Waals surface area (Å²) in [6.45, 7) is 1.82. The summed E-state index contributed by atoms with van der Waals surface area (Å²) in [5.41, 5.74) is 0. The van der Waals surface area contributed by atoms with Crippen LogP contribution in [0, 0.1) is 0 Å². The predicted molar refractivity (Wildman–Crippen MR) is 55.4 cm³/mol. The van der Waals surface area contributed by atoms with Gasteiger partial charge in [0.05, 0.1) is 12.5 Å². The molecule has 7 heteroatoms. The molecule has 3 atom stereocenters. The van der Waals surface area contributed by atoms with E-state index in [0.717, 1.165) is 6.42 Å². The Balaban J connectivity index is 2.52. The van der Waals surface area contributed by atoms with Crippen LogP contribution in [0.15, 0.2) is 0 Å². The highest BCUT2D eigenvalue weighted by Crippen LogP contribution is 2.19. The molecule has 0 spiro atoms. The molecule has 1 heterocycles. The predicted octanol–water partition coefficient (Wildman–Crippen LogP) is -0.402. The summed E-state index contributed by atoms with van der Waals surface area (Å²) in [5, 5.41) is 19.4. The van der Waals surface area contributed by atoms with E-state index >= 15 is 0 Å². The molecule has 0 aromatic rings. The van der Waals surface area contributed by atoms with E-state index < -0.39 is 36.4 Å². The Bertz CT molecular complexity index is 329.